The van der Waals surface area contributed by atoms with Gasteiger partial charge in [-0.3, -0.25) is 14.6 Å². The van der Waals surface area contributed by atoms with Crippen LogP contribution in [0, 0.1) is 0 Å². The Morgan fingerprint density at radius 3 is 2.61 bits per heavy atom. The van der Waals surface area contributed by atoms with Crippen molar-refractivity contribution in [2.24, 2.45) is 5.73 Å². The second kappa shape index (κ2) is 7.01. The lowest BCUT2D eigenvalue weighted by Gasteiger charge is -2.05. The van der Waals surface area contributed by atoms with Crippen molar-refractivity contribution in [3.05, 3.63) is 48.1 Å². The predicted molar refractivity (Wildman–Crippen MR) is 69.0 cm³/mol. The second-order valence-corrected chi connectivity index (χ2v) is 3.48. The van der Waals surface area contributed by atoms with Crippen molar-refractivity contribution in [3.63, 3.8) is 0 Å². The SMILES string of the molecule is CCC(=O)N/C(C=O)=C/C(=C\N)c1ccncc1. The van der Waals surface area contributed by atoms with Crippen molar-refractivity contribution in [2.45, 2.75) is 13.3 Å². The average Bonchev–Trinajstić information content (AvgIpc) is 2.43. The molecule has 0 aliphatic heterocycles. The first-order valence-corrected chi connectivity index (χ1v) is 5.50. The number of carbonyl (C=O) groups excluding carboxylic acids is 2. The van der Waals surface area contributed by atoms with Crippen molar-refractivity contribution < 1.29 is 9.59 Å². The van der Waals surface area contributed by atoms with Gasteiger partial charge >= 0.3 is 0 Å². The van der Waals surface area contributed by atoms with Crippen LogP contribution in [-0.2, 0) is 9.59 Å². The van der Waals surface area contributed by atoms with Gasteiger partial charge in [0.05, 0.1) is 5.70 Å². The van der Waals surface area contributed by atoms with Gasteiger partial charge in [0.25, 0.3) is 0 Å². The van der Waals surface area contributed by atoms with Gasteiger partial charge in [0.1, 0.15) is 0 Å². The number of hydrogen-bond acceptors (Lipinski definition) is 4. The van der Waals surface area contributed by atoms with E-state index < -0.39 is 0 Å². The van der Waals surface area contributed by atoms with Crippen LogP contribution in [0.25, 0.3) is 5.57 Å². The van der Waals surface area contributed by atoms with Gasteiger partial charge in [-0.2, -0.15) is 0 Å². The summed E-state index contributed by atoms with van der Waals surface area (Å²) in [7, 11) is 0. The first kappa shape index (κ1) is 13.6. The smallest absolute Gasteiger partial charge is 0.224 e. The van der Waals surface area contributed by atoms with E-state index in [-0.39, 0.29) is 11.6 Å². The van der Waals surface area contributed by atoms with Gasteiger partial charge in [-0.05, 0) is 29.3 Å². The fourth-order valence-electron chi connectivity index (χ4n) is 1.29. The molecule has 18 heavy (non-hydrogen) atoms. The summed E-state index contributed by atoms with van der Waals surface area (Å²) in [5.74, 6) is -0.223. The van der Waals surface area contributed by atoms with Gasteiger partial charge in [0.15, 0.2) is 6.29 Å². The van der Waals surface area contributed by atoms with Gasteiger partial charge in [-0.1, -0.05) is 6.92 Å². The van der Waals surface area contributed by atoms with E-state index in [2.05, 4.69) is 10.3 Å². The summed E-state index contributed by atoms with van der Waals surface area (Å²) >= 11 is 0. The molecule has 0 spiro atoms. The van der Waals surface area contributed by atoms with Gasteiger partial charge in [-0.25, -0.2) is 0 Å². The molecule has 94 valence electrons. The summed E-state index contributed by atoms with van der Waals surface area (Å²) in [4.78, 5) is 26.0. The number of aldehydes is 1. The fourth-order valence-corrected chi connectivity index (χ4v) is 1.29. The van der Waals surface area contributed by atoms with Crippen LogP contribution in [0.3, 0.4) is 0 Å². The van der Waals surface area contributed by atoms with E-state index >= 15 is 0 Å². The van der Waals surface area contributed by atoms with Crippen LogP contribution in [0.5, 0.6) is 0 Å². The number of amides is 1. The number of pyridine rings is 1. The molecule has 0 radical (unpaired) electrons. The van der Waals surface area contributed by atoms with E-state index in [1.165, 1.54) is 12.3 Å². The number of rotatable bonds is 5. The number of carbonyl (C=O) groups is 2. The van der Waals surface area contributed by atoms with Gasteiger partial charge in [0.2, 0.25) is 5.91 Å². The first-order valence-electron chi connectivity index (χ1n) is 5.50. The predicted octanol–water partition coefficient (Wildman–Crippen LogP) is 0.990. The summed E-state index contributed by atoms with van der Waals surface area (Å²) in [6.45, 7) is 1.71. The van der Waals surface area contributed by atoms with Crippen LogP contribution in [-0.4, -0.2) is 17.2 Å². The Morgan fingerprint density at radius 1 is 1.44 bits per heavy atom. The molecule has 0 fully saturated rings. The van der Waals surface area contributed by atoms with Crippen LogP contribution in [0.2, 0.25) is 0 Å². The molecule has 0 aromatic carbocycles. The molecule has 1 aromatic rings. The molecule has 0 unspecified atom stereocenters. The number of hydrogen-bond donors (Lipinski definition) is 2. The molecule has 5 nitrogen and oxygen atoms in total. The minimum Gasteiger partial charge on any atom is -0.404 e. The minimum atomic E-state index is -0.223. The standard InChI is InChI=1S/C13H15N3O2/c1-2-13(18)16-12(9-17)7-11(8-14)10-3-5-15-6-4-10/h3-9H,2,14H2,1H3,(H,16,18)/b11-8+,12-7+. The molecule has 0 saturated carbocycles. The third kappa shape index (κ3) is 3.86. The number of aromatic nitrogens is 1. The van der Waals surface area contributed by atoms with Gasteiger partial charge in [-0.15, -0.1) is 0 Å². The Labute approximate surface area is 105 Å². The Hall–Kier alpha value is -2.43. The Bertz CT molecular complexity index is 478. The molecular formula is C13H15N3O2. The molecule has 0 bridgehead atoms. The second-order valence-electron chi connectivity index (χ2n) is 3.48. The van der Waals surface area contributed by atoms with Gasteiger partial charge in [0, 0.05) is 25.0 Å². The van der Waals surface area contributed by atoms with E-state index in [0.717, 1.165) is 5.56 Å². The number of nitrogens with one attached hydrogen (secondary N) is 1. The average molecular weight is 245 g/mol. The Balaban J connectivity index is 2.96. The summed E-state index contributed by atoms with van der Waals surface area (Å²) in [5, 5.41) is 2.49. The largest absolute Gasteiger partial charge is 0.404 e. The summed E-state index contributed by atoms with van der Waals surface area (Å²) in [6, 6.07) is 3.53. The molecule has 1 heterocycles. The molecule has 3 N–H and O–H groups in total. The fraction of sp³-hybridized carbons (Fsp3) is 0.154. The molecular weight excluding hydrogens is 230 g/mol. The summed E-state index contributed by atoms with van der Waals surface area (Å²) in [5.41, 5.74) is 7.14. The van der Waals surface area contributed by atoms with E-state index in [1.807, 2.05) is 0 Å². The van der Waals surface area contributed by atoms with E-state index in [0.29, 0.717) is 18.3 Å². The quantitative estimate of drug-likeness (QED) is 0.460. The monoisotopic (exact) mass is 245 g/mol. The molecule has 1 amide bonds. The molecule has 0 aliphatic carbocycles. The number of nitrogens with zero attached hydrogens (tertiary/aromatic N) is 1. The van der Waals surface area contributed by atoms with Crippen molar-refractivity contribution in [1.29, 1.82) is 0 Å². The lowest BCUT2D eigenvalue weighted by atomic mass is 10.1. The zero-order valence-corrected chi connectivity index (χ0v) is 10.1. The maximum absolute atomic E-state index is 11.2. The molecule has 0 atom stereocenters. The molecule has 5 heteroatoms. The van der Waals surface area contributed by atoms with Crippen molar-refractivity contribution in [3.8, 4) is 0 Å². The Kier molecular flexibility index (Phi) is 5.31. The summed E-state index contributed by atoms with van der Waals surface area (Å²) in [6.07, 6.45) is 7.03. The lowest BCUT2D eigenvalue weighted by molar-refractivity contribution is -0.121. The van der Waals surface area contributed by atoms with Crippen LogP contribution in [0.4, 0.5) is 0 Å². The highest BCUT2D eigenvalue weighted by Gasteiger charge is 2.04. The maximum Gasteiger partial charge on any atom is 0.224 e. The maximum atomic E-state index is 11.2. The van der Waals surface area contributed by atoms with Crippen molar-refractivity contribution in [1.82, 2.24) is 10.3 Å². The van der Waals surface area contributed by atoms with Crippen molar-refractivity contribution >= 4 is 17.8 Å². The lowest BCUT2D eigenvalue weighted by Crippen LogP contribution is -2.22. The Morgan fingerprint density at radius 2 is 2.11 bits per heavy atom. The van der Waals surface area contributed by atoms with Crippen LogP contribution < -0.4 is 11.1 Å². The molecule has 1 aromatic heterocycles. The first-order chi connectivity index (χ1) is 8.71. The zero-order valence-electron chi connectivity index (χ0n) is 10.1. The van der Waals surface area contributed by atoms with Gasteiger partial charge < -0.3 is 11.1 Å². The van der Waals surface area contributed by atoms with Crippen molar-refractivity contribution in [2.75, 3.05) is 0 Å². The van der Waals surface area contributed by atoms with E-state index in [1.54, 1.807) is 31.5 Å². The molecule has 0 saturated heterocycles. The summed E-state index contributed by atoms with van der Waals surface area (Å²) < 4.78 is 0. The van der Waals surface area contributed by atoms with E-state index in [9.17, 15) is 9.59 Å². The third-order valence-electron chi connectivity index (χ3n) is 2.24. The highest BCUT2D eigenvalue weighted by atomic mass is 16.2. The highest BCUT2D eigenvalue weighted by molar-refractivity contribution is 5.89. The minimum absolute atomic E-state index is 0.176. The topological polar surface area (TPSA) is 85.1 Å². The van der Waals surface area contributed by atoms with Crippen LogP contribution in [0.15, 0.2) is 42.5 Å². The molecule has 1 rings (SSSR count). The zero-order chi connectivity index (χ0) is 13.4. The molecule has 0 aliphatic rings. The van der Waals surface area contributed by atoms with Crippen LogP contribution in [0.1, 0.15) is 18.9 Å². The number of allylic oxidation sites excluding steroid dienone is 3. The normalized spacial score (nSPS) is 12.1. The third-order valence-corrected chi connectivity index (χ3v) is 2.24. The highest BCUT2D eigenvalue weighted by Crippen LogP contribution is 2.14. The van der Waals surface area contributed by atoms with E-state index in [4.69, 9.17) is 5.73 Å². The van der Waals surface area contributed by atoms with Crippen LogP contribution >= 0.6 is 0 Å². The number of nitrogens with two attached hydrogens (primary N) is 1.